The minimum atomic E-state index is -4.67. The summed E-state index contributed by atoms with van der Waals surface area (Å²) in [6.07, 6.45) is 0. The van der Waals surface area contributed by atoms with E-state index in [9.17, 15) is 18.4 Å². The van der Waals surface area contributed by atoms with E-state index in [1.54, 1.807) is 0 Å². The number of halogens is 2. The topological polar surface area (TPSA) is 74.6 Å². The van der Waals surface area contributed by atoms with Crippen molar-refractivity contribution >= 4 is 11.9 Å². The molecule has 0 aromatic heterocycles. The minimum Gasteiger partial charge on any atom is -0.476 e. The van der Waals surface area contributed by atoms with Crippen LogP contribution in [0, 0.1) is 0 Å². The fraction of sp³-hybridized carbons (Fsp3) is 0.333. The van der Waals surface area contributed by atoms with Crippen LogP contribution in [0.4, 0.5) is 8.78 Å². The summed E-state index contributed by atoms with van der Waals surface area (Å²) in [7, 11) is 0. The Labute approximate surface area is 47.7 Å². The molecule has 0 spiro atoms. The van der Waals surface area contributed by atoms with E-state index < -0.39 is 17.9 Å². The quantitative estimate of drug-likeness (QED) is 0.520. The van der Waals surface area contributed by atoms with Crippen molar-refractivity contribution in [2.75, 3.05) is 0 Å². The molecule has 0 aliphatic rings. The number of carboxylic acids is 2. The molecule has 52 valence electrons. The van der Waals surface area contributed by atoms with Gasteiger partial charge < -0.3 is 10.2 Å². The number of alkyl halides is 2. The van der Waals surface area contributed by atoms with Gasteiger partial charge in [0, 0.05) is 0 Å². The lowest BCUT2D eigenvalue weighted by molar-refractivity contribution is -0.182. The molecule has 0 bridgehead atoms. The van der Waals surface area contributed by atoms with Gasteiger partial charge in [-0.15, -0.1) is 0 Å². The Balaban J connectivity index is 4.38. The molecular formula is C3H2F2O4. The van der Waals surface area contributed by atoms with Crippen LogP contribution in [0.25, 0.3) is 0 Å². The number of rotatable bonds is 2. The van der Waals surface area contributed by atoms with Crippen LogP contribution in [0.1, 0.15) is 0 Å². The third-order valence-electron chi connectivity index (χ3n) is 0.537. The van der Waals surface area contributed by atoms with Crippen LogP contribution >= 0.6 is 0 Å². The van der Waals surface area contributed by atoms with Crippen molar-refractivity contribution in [3.05, 3.63) is 0 Å². The van der Waals surface area contributed by atoms with Gasteiger partial charge >= 0.3 is 17.9 Å². The number of hydrogen-bond donors (Lipinski definition) is 2. The monoisotopic (exact) mass is 140 g/mol. The second-order valence-electron chi connectivity index (χ2n) is 1.18. The van der Waals surface area contributed by atoms with E-state index >= 15 is 0 Å². The normalized spacial score (nSPS) is 10.9. The van der Waals surface area contributed by atoms with E-state index in [1.165, 1.54) is 0 Å². The molecule has 0 aliphatic heterocycles. The molecule has 0 heterocycles. The zero-order valence-electron chi connectivity index (χ0n) is 3.97. The Kier molecular flexibility index (Phi) is 1.70. The maximum atomic E-state index is 11.5. The van der Waals surface area contributed by atoms with Crippen molar-refractivity contribution in [2.45, 2.75) is 5.92 Å². The van der Waals surface area contributed by atoms with E-state index in [4.69, 9.17) is 10.2 Å². The first-order valence-electron chi connectivity index (χ1n) is 1.73. The molecule has 0 aromatic carbocycles. The second-order valence-corrected chi connectivity index (χ2v) is 1.18. The number of carbonyl (C=O) groups is 2. The summed E-state index contributed by atoms with van der Waals surface area (Å²) < 4.78 is 22.9. The van der Waals surface area contributed by atoms with Crippen LogP contribution in [-0.2, 0) is 9.59 Å². The first-order valence-corrected chi connectivity index (χ1v) is 1.73. The van der Waals surface area contributed by atoms with Gasteiger partial charge in [-0.3, -0.25) is 0 Å². The molecule has 4 nitrogen and oxygen atoms in total. The molecule has 0 fully saturated rings. The molecule has 0 aliphatic carbocycles. The lowest BCUT2D eigenvalue weighted by atomic mass is 10.3. The van der Waals surface area contributed by atoms with Crippen molar-refractivity contribution in [3.63, 3.8) is 0 Å². The van der Waals surface area contributed by atoms with E-state index in [2.05, 4.69) is 0 Å². The van der Waals surface area contributed by atoms with E-state index in [-0.39, 0.29) is 0 Å². The maximum Gasteiger partial charge on any atom is 0.436 e. The van der Waals surface area contributed by atoms with Crippen LogP contribution in [0.2, 0.25) is 0 Å². The number of aliphatic carboxylic acids is 2. The van der Waals surface area contributed by atoms with Crippen molar-refractivity contribution in [3.8, 4) is 0 Å². The van der Waals surface area contributed by atoms with Gasteiger partial charge in [0.15, 0.2) is 0 Å². The summed E-state index contributed by atoms with van der Waals surface area (Å²) in [5.74, 6) is -9.98. The highest BCUT2D eigenvalue weighted by Gasteiger charge is 2.47. The van der Waals surface area contributed by atoms with Crippen LogP contribution < -0.4 is 0 Å². The fourth-order valence-corrected chi connectivity index (χ4v) is 0.0915. The molecule has 9 heavy (non-hydrogen) atoms. The molecule has 2 N–H and O–H groups in total. The van der Waals surface area contributed by atoms with Gasteiger partial charge in [0.1, 0.15) is 0 Å². The predicted octanol–water partition coefficient (Wildman–Crippen LogP) is -0.209. The smallest absolute Gasteiger partial charge is 0.436 e. The molecule has 0 amide bonds. The van der Waals surface area contributed by atoms with Crippen molar-refractivity contribution < 1.29 is 28.6 Å². The van der Waals surface area contributed by atoms with Gasteiger partial charge in [-0.1, -0.05) is 0 Å². The SMILES string of the molecule is O=C(O)C(F)(F)C(=O)O. The zero-order valence-corrected chi connectivity index (χ0v) is 3.97. The van der Waals surface area contributed by atoms with Crippen molar-refractivity contribution in [1.29, 1.82) is 0 Å². The third kappa shape index (κ3) is 1.34. The molecule has 0 saturated carbocycles. The first kappa shape index (κ1) is 7.80. The van der Waals surface area contributed by atoms with Crippen LogP contribution in [0.5, 0.6) is 0 Å². The summed E-state index contributed by atoms with van der Waals surface area (Å²) in [5.41, 5.74) is 0. The number of carboxylic acid groups (broad SMARTS) is 2. The zero-order chi connectivity index (χ0) is 7.65. The Morgan fingerprint density at radius 2 is 1.33 bits per heavy atom. The average molecular weight is 140 g/mol. The maximum absolute atomic E-state index is 11.5. The Hall–Kier alpha value is -1.20. The van der Waals surface area contributed by atoms with Gasteiger partial charge in [-0.2, -0.15) is 8.78 Å². The largest absolute Gasteiger partial charge is 0.476 e. The molecule has 0 aromatic rings. The highest BCUT2D eigenvalue weighted by Crippen LogP contribution is 2.12. The number of hydrogen-bond acceptors (Lipinski definition) is 2. The van der Waals surface area contributed by atoms with Crippen LogP contribution in [0.15, 0.2) is 0 Å². The Morgan fingerprint density at radius 1 is 1.11 bits per heavy atom. The molecule has 0 atom stereocenters. The molecule has 6 heteroatoms. The lowest BCUT2D eigenvalue weighted by Gasteiger charge is -2.01. The van der Waals surface area contributed by atoms with Gasteiger partial charge in [0.25, 0.3) is 0 Å². The average Bonchev–Trinajstić information content (AvgIpc) is 1.65. The first-order chi connectivity index (χ1) is 3.89. The summed E-state index contributed by atoms with van der Waals surface area (Å²) in [4.78, 5) is 18.7. The summed E-state index contributed by atoms with van der Waals surface area (Å²) in [5, 5.41) is 15.0. The third-order valence-corrected chi connectivity index (χ3v) is 0.537. The van der Waals surface area contributed by atoms with Gasteiger partial charge in [0.05, 0.1) is 0 Å². The predicted molar refractivity (Wildman–Crippen MR) is 20.2 cm³/mol. The Bertz CT molecular complexity index is 136. The van der Waals surface area contributed by atoms with E-state index in [0.29, 0.717) is 0 Å². The van der Waals surface area contributed by atoms with Gasteiger partial charge in [-0.25, -0.2) is 9.59 Å². The van der Waals surface area contributed by atoms with Crippen molar-refractivity contribution in [2.24, 2.45) is 0 Å². The molecule has 0 unspecified atom stereocenters. The van der Waals surface area contributed by atoms with Gasteiger partial charge in [0.2, 0.25) is 0 Å². The van der Waals surface area contributed by atoms with Gasteiger partial charge in [-0.05, 0) is 0 Å². The van der Waals surface area contributed by atoms with E-state index in [0.717, 1.165) is 0 Å². The fourth-order valence-electron chi connectivity index (χ4n) is 0.0915. The summed E-state index contributed by atoms with van der Waals surface area (Å²) in [6, 6.07) is 0. The van der Waals surface area contributed by atoms with E-state index in [1.807, 2.05) is 0 Å². The Morgan fingerprint density at radius 3 is 1.33 bits per heavy atom. The van der Waals surface area contributed by atoms with Crippen molar-refractivity contribution in [1.82, 2.24) is 0 Å². The molecule has 0 radical (unpaired) electrons. The van der Waals surface area contributed by atoms with Crippen LogP contribution in [-0.4, -0.2) is 28.1 Å². The molecular weight excluding hydrogens is 138 g/mol. The standard InChI is InChI=1S/C3H2F2O4/c4-3(5,1(6)7)2(8)9/h(H,6,7)(H,8,9). The van der Waals surface area contributed by atoms with Crippen LogP contribution in [0.3, 0.4) is 0 Å². The molecule has 0 rings (SSSR count). The lowest BCUT2D eigenvalue weighted by Crippen LogP contribution is -2.37. The minimum absolute atomic E-state index is 2.66. The summed E-state index contributed by atoms with van der Waals surface area (Å²) >= 11 is 0. The summed E-state index contributed by atoms with van der Waals surface area (Å²) in [6.45, 7) is 0. The highest BCUT2D eigenvalue weighted by molar-refractivity contribution is 5.99. The second kappa shape index (κ2) is 1.96. The highest BCUT2D eigenvalue weighted by atomic mass is 19.3. The molecule has 0 saturated heterocycles.